The molecule has 0 aliphatic heterocycles. The summed E-state index contributed by atoms with van der Waals surface area (Å²) >= 11 is 1.72. The second-order valence-electron chi connectivity index (χ2n) is 3.01. The van der Waals surface area contributed by atoms with Crippen LogP contribution in [0.15, 0.2) is 17.5 Å². The standard InChI is InChI=1S/C10H16O3S/c1-12-7-9(11)8-13-5-4-10-3-2-6-14-10/h2-3,6,9,11H,4-5,7-8H2,1H3. The van der Waals surface area contributed by atoms with Crippen LogP contribution in [0, 0.1) is 0 Å². The highest BCUT2D eigenvalue weighted by Crippen LogP contribution is 2.08. The molecule has 0 saturated heterocycles. The van der Waals surface area contributed by atoms with Crippen molar-refractivity contribution in [2.45, 2.75) is 12.5 Å². The maximum Gasteiger partial charge on any atom is 0.101 e. The van der Waals surface area contributed by atoms with Crippen LogP contribution in [-0.4, -0.2) is 38.1 Å². The van der Waals surface area contributed by atoms with Crippen LogP contribution in [0.4, 0.5) is 0 Å². The summed E-state index contributed by atoms with van der Waals surface area (Å²) < 4.78 is 10.1. The summed E-state index contributed by atoms with van der Waals surface area (Å²) in [6, 6.07) is 4.11. The third-order valence-electron chi connectivity index (χ3n) is 1.74. The summed E-state index contributed by atoms with van der Waals surface area (Å²) in [6.07, 6.45) is 0.403. The van der Waals surface area contributed by atoms with Gasteiger partial charge in [0.15, 0.2) is 0 Å². The molecule has 1 rings (SSSR count). The molecule has 3 nitrogen and oxygen atoms in total. The van der Waals surface area contributed by atoms with Crippen LogP contribution in [0.25, 0.3) is 0 Å². The highest BCUT2D eigenvalue weighted by Gasteiger charge is 2.02. The second-order valence-corrected chi connectivity index (χ2v) is 4.05. The van der Waals surface area contributed by atoms with Gasteiger partial charge in [-0.25, -0.2) is 0 Å². The Morgan fingerprint density at radius 1 is 1.50 bits per heavy atom. The predicted octanol–water partition coefficient (Wildman–Crippen LogP) is 1.31. The minimum atomic E-state index is -0.511. The van der Waals surface area contributed by atoms with Gasteiger partial charge >= 0.3 is 0 Å². The van der Waals surface area contributed by atoms with Crippen molar-refractivity contribution in [1.82, 2.24) is 0 Å². The summed E-state index contributed by atoms with van der Waals surface area (Å²) in [5, 5.41) is 11.3. The monoisotopic (exact) mass is 216 g/mol. The highest BCUT2D eigenvalue weighted by molar-refractivity contribution is 7.09. The van der Waals surface area contributed by atoms with E-state index < -0.39 is 6.10 Å². The van der Waals surface area contributed by atoms with Gasteiger partial charge < -0.3 is 14.6 Å². The van der Waals surface area contributed by atoms with E-state index in [-0.39, 0.29) is 0 Å². The molecule has 0 spiro atoms. The summed E-state index contributed by atoms with van der Waals surface area (Å²) in [7, 11) is 1.56. The number of aliphatic hydroxyl groups excluding tert-OH is 1. The fourth-order valence-electron chi connectivity index (χ4n) is 1.09. The Bertz CT molecular complexity index is 223. The fourth-order valence-corrected chi connectivity index (χ4v) is 1.78. The van der Waals surface area contributed by atoms with Gasteiger partial charge in [0, 0.05) is 18.4 Å². The Morgan fingerprint density at radius 2 is 2.36 bits per heavy atom. The zero-order valence-electron chi connectivity index (χ0n) is 8.31. The molecule has 80 valence electrons. The Kier molecular flexibility index (Phi) is 5.78. The average molecular weight is 216 g/mol. The van der Waals surface area contributed by atoms with Gasteiger partial charge in [0.2, 0.25) is 0 Å². The highest BCUT2D eigenvalue weighted by atomic mass is 32.1. The molecule has 0 aromatic carbocycles. The summed E-state index contributed by atoms with van der Waals surface area (Å²) in [5.74, 6) is 0. The molecule has 0 amide bonds. The van der Waals surface area contributed by atoms with Crippen LogP contribution in [0.1, 0.15) is 4.88 Å². The molecule has 1 N–H and O–H groups in total. The van der Waals surface area contributed by atoms with Crippen molar-refractivity contribution in [2.24, 2.45) is 0 Å². The molecular weight excluding hydrogens is 200 g/mol. The van der Waals surface area contributed by atoms with Crippen LogP contribution in [0.5, 0.6) is 0 Å². The quantitative estimate of drug-likeness (QED) is 0.699. The van der Waals surface area contributed by atoms with E-state index in [9.17, 15) is 5.11 Å². The number of aliphatic hydroxyl groups is 1. The summed E-state index contributed by atoms with van der Waals surface area (Å²) in [4.78, 5) is 1.31. The van der Waals surface area contributed by atoms with Crippen molar-refractivity contribution in [2.75, 3.05) is 26.9 Å². The molecule has 0 bridgehead atoms. The maximum absolute atomic E-state index is 9.26. The molecule has 0 fully saturated rings. The molecule has 0 radical (unpaired) electrons. The van der Waals surface area contributed by atoms with E-state index in [0.717, 1.165) is 6.42 Å². The van der Waals surface area contributed by atoms with Gasteiger partial charge in [-0.05, 0) is 11.4 Å². The van der Waals surface area contributed by atoms with Crippen molar-refractivity contribution >= 4 is 11.3 Å². The van der Waals surface area contributed by atoms with Gasteiger partial charge in [0.1, 0.15) is 6.10 Å². The lowest BCUT2D eigenvalue weighted by molar-refractivity contribution is -0.00512. The molecule has 0 saturated carbocycles. The van der Waals surface area contributed by atoms with Gasteiger partial charge in [-0.3, -0.25) is 0 Å². The minimum absolute atomic E-state index is 0.332. The Balaban J connectivity index is 1.99. The van der Waals surface area contributed by atoms with Crippen LogP contribution < -0.4 is 0 Å². The first-order valence-electron chi connectivity index (χ1n) is 4.60. The number of thiophene rings is 1. The van der Waals surface area contributed by atoms with Crippen molar-refractivity contribution in [3.63, 3.8) is 0 Å². The van der Waals surface area contributed by atoms with E-state index in [1.807, 2.05) is 6.07 Å². The molecule has 14 heavy (non-hydrogen) atoms. The molecule has 1 heterocycles. The van der Waals surface area contributed by atoms with E-state index in [2.05, 4.69) is 11.4 Å². The molecular formula is C10H16O3S. The summed E-state index contributed by atoms with van der Waals surface area (Å²) in [6.45, 7) is 1.33. The number of methoxy groups -OCH3 is 1. The van der Waals surface area contributed by atoms with Gasteiger partial charge in [0.05, 0.1) is 19.8 Å². The lowest BCUT2D eigenvalue weighted by Crippen LogP contribution is -2.21. The first kappa shape index (κ1) is 11.7. The van der Waals surface area contributed by atoms with E-state index >= 15 is 0 Å². The molecule has 1 atom stereocenters. The van der Waals surface area contributed by atoms with Crippen LogP contribution in [-0.2, 0) is 15.9 Å². The largest absolute Gasteiger partial charge is 0.388 e. The van der Waals surface area contributed by atoms with Gasteiger partial charge in [0.25, 0.3) is 0 Å². The maximum atomic E-state index is 9.26. The van der Waals surface area contributed by atoms with Crippen LogP contribution >= 0.6 is 11.3 Å². The molecule has 1 aromatic rings. The lowest BCUT2D eigenvalue weighted by atomic mass is 10.3. The van der Waals surface area contributed by atoms with Gasteiger partial charge in [-0.1, -0.05) is 6.07 Å². The van der Waals surface area contributed by atoms with E-state index in [0.29, 0.717) is 19.8 Å². The lowest BCUT2D eigenvalue weighted by Gasteiger charge is -2.09. The smallest absolute Gasteiger partial charge is 0.101 e. The van der Waals surface area contributed by atoms with E-state index in [1.54, 1.807) is 18.4 Å². The SMILES string of the molecule is COCC(O)COCCc1cccs1. The average Bonchev–Trinajstić information content (AvgIpc) is 2.65. The minimum Gasteiger partial charge on any atom is -0.388 e. The zero-order chi connectivity index (χ0) is 10.2. The first-order valence-corrected chi connectivity index (χ1v) is 5.48. The van der Waals surface area contributed by atoms with Gasteiger partial charge in [-0.15, -0.1) is 11.3 Å². The summed E-state index contributed by atoms with van der Waals surface area (Å²) in [5.41, 5.74) is 0. The fraction of sp³-hybridized carbons (Fsp3) is 0.600. The van der Waals surface area contributed by atoms with E-state index in [1.165, 1.54) is 4.88 Å². The Hall–Kier alpha value is -0.420. The topological polar surface area (TPSA) is 38.7 Å². The molecule has 1 aromatic heterocycles. The molecule has 0 aliphatic carbocycles. The number of hydrogen-bond acceptors (Lipinski definition) is 4. The van der Waals surface area contributed by atoms with E-state index in [4.69, 9.17) is 9.47 Å². The van der Waals surface area contributed by atoms with Crippen molar-refractivity contribution < 1.29 is 14.6 Å². The normalized spacial score (nSPS) is 13.0. The molecule has 1 unspecified atom stereocenters. The van der Waals surface area contributed by atoms with Gasteiger partial charge in [-0.2, -0.15) is 0 Å². The third kappa shape index (κ3) is 4.72. The zero-order valence-corrected chi connectivity index (χ0v) is 9.13. The van der Waals surface area contributed by atoms with Crippen molar-refractivity contribution in [3.05, 3.63) is 22.4 Å². The number of rotatable bonds is 7. The molecule has 4 heteroatoms. The Morgan fingerprint density at radius 3 is 3.00 bits per heavy atom. The molecule has 0 aliphatic rings. The predicted molar refractivity (Wildman–Crippen MR) is 56.7 cm³/mol. The number of ether oxygens (including phenoxy) is 2. The Labute approximate surface area is 88.3 Å². The van der Waals surface area contributed by atoms with Crippen molar-refractivity contribution in [1.29, 1.82) is 0 Å². The van der Waals surface area contributed by atoms with Crippen LogP contribution in [0.2, 0.25) is 0 Å². The van der Waals surface area contributed by atoms with Crippen LogP contribution in [0.3, 0.4) is 0 Å². The van der Waals surface area contributed by atoms with Crippen molar-refractivity contribution in [3.8, 4) is 0 Å². The third-order valence-corrected chi connectivity index (χ3v) is 2.68. The second kappa shape index (κ2) is 6.95. The number of hydrogen-bond donors (Lipinski definition) is 1. The first-order chi connectivity index (χ1) is 6.83.